The van der Waals surface area contributed by atoms with E-state index in [1.165, 1.54) is 0 Å². The van der Waals surface area contributed by atoms with Crippen LogP contribution in [0.5, 0.6) is 0 Å². The Morgan fingerprint density at radius 3 is 3.00 bits per heavy atom. The zero-order valence-electron chi connectivity index (χ0n) is 8.40. The van der Waals surface area contributed by atoms with Gasteiger partial charge in [-0.05, 0) is 24.3 Å². The molecule has 0 aliphatic rings. The topological polar surface area (TPSA) is 30.0 Å². The fourth-order valence-corrected chi connectivity index (χ4v) is 1.86. The van der Waals surface area contributed by atoms with Crippen LogP contribution in [-0.4, -0.2) is 16.5 Å². The smallest absolute Gasteiger partial charge is 0.132 e. The summed E-state index contributed by atoms with van der Waals surface area (Å²) in [6.07, 6.45) is 4.11. The number of hydrogen-bond donors (Lipinski definition) is 0. The second kappa shape index (κ2) is 6.60. The van der Waals surface area contributed by atoms with Gasteiger partial charge in [-0.3, -0.25) is 4.79 Å². The number of aromatic nitrogens is 1. The molecule has 76 valence electrons. The molecule has 3 heteroatoms. The molecular weight excluding hydrogens is 194 g/mol. The van der Waals surface area contributed by atoms with Crippen LogP contribution in [0.3, 0.4) is 0 Å². The number of ketones is 1. The van der Waals surface area contributed by atoms with Gasteiger partial charge in [0.25, 0.3) is 0 Å². The van der Waals surface area contributed by atoms with Gasteiger partial charge in [0.2, 0.25) is 0 Å². The van der Waals surface area contributed by atoms with E-state index in [0.717, 1.165) is 17.2 Å². The summed E-state index contributed by atoms with van der Waals surface area (Å²) in [6, 6.07) is 5.88. The Morgan fingerprint density at radius 2 is 2.36 bits per heavy atom. The highest BCUT2D eigenvalue weighted by Gasteiger charge is 1.98. The van der Waals surface area contributed by atoms with Gasteiger partial charge < -0.3 is 0 Å². The largest absolute Gasteiger partial charge is 0.300 e. The van der Waals surface area contributed by atoms with E-state index in [1.54, 1.807) is 18.0 Å². The SMILES string of the molecule is CCC(=O)CCCSc1ccccn1. The quantitative estimate of drug-likeness (QED) is 0.533. The fourth-order valence-electron chi connectivity index (χ4n) is 1.06. The summed E-state index contributed by atoms with van der Waals surface area (Å²) in [6.45, 7) is 1.91. The Bertz CT molecular complexity index is 274. The molecule has 0 aromatic carbocycles. The van der Waals surface area contributed by atoms with Crippen molar-refractivity contribution < 1.29 is 4.79 Å². The molecule has 1 heterocycles. The minimum atomic E-state index is 0.353. The maximum Gasteiger partial charge on any atom is 0.132 e. The summed E-state index contributed by atoms with van der Waals surface area (Å²) < 4.78 is 0. The Kier molecular flexibility index (Phi) is 5.30. The monoisotopic (exact) mass is 209 g/mol. The summed E-state index contributed by atoms with van der Waals surface area (Å²) in [5.74, 6) is 1.33. The van der Waals surface area contributed by atoms with Gasteiger partial charge >= 0.3 is 0 Å². The van der Waals surface area contributed by atoms with Crippen molar-refractivity contribution >= 4 is 17.5 Å². The predicted octanol–water partition coefficient (Wildman–Crippen LogP) is 2.93. The maximum atomic E-state index is 11.0. The van der Waals surface area contributed by atoms with E-state index < -0.39 is 0 Å². The Morgan fingerprint density at radius 1 is 1.50 bits per heavy atom. The van der Waals surface area contributed by atoms with Crippen LogP contribution in [0.15, 0.2) is 29.4 Å². The normalized spacial score (nSPS) is 10.1. The zero-order valence-corrected chi connectivity index (χ0v) is 9.22. The number of nitrogens with zero attached hydrogens (tertiary/aromatic N) is 1. The molecule has 0 spiro atoms. The Hall–Kier alpha value is -0.830. The third-order valence-electron chi connectivity index (χ3n) is 1.88. The molecule has 1 aromatic heterocycles. The zero-order chi connectivity index (χ0) is 10.2. The molecule has 0 unspecified atom stereocenters. The number of rotatable bonds is 6. The average Bonchev–Trinajstić information content (AvgIpc) is 2.25. The lowest BCUT2D eigenvalue weighted by atomic mass is 10.2. The van der Waals surface area contributed by atoms with E-state index in [2.05, 4.69) is 4.98 Å². The van der Waals surface area contributed by atoms with E-state index in [9.17, 15) is 4.79 Å². The summed E-state index contributed by atoms with van der Waals surface area (Å²) in [5.41, 5.74) is 0. The first-order chi connectivity index (χ1) is 6.83. The van der Waals surface area contributed by atoms with Crippen molar-refractivity contribution in [1.29, 1.82) is 0 Å². The predicted molar refractivity (Wildman–Crippen MR) is 59.5 cm³/mol. The molecule has 0 fully saturated rings. The number of carbonyl (C=O) groups is 1. The van der Waals surface area contributed by atoms with Crippen LogP contribution in [0.1, 0.15) is 26.2 Å². The molecule has 14 heavy (non-hydrogen) atoms. The number of pyridine rings is 1. The minimum absolute atomic E-state index is 0.353. The highest BCUT2D eigenvalue weighted by Crippen LogP contribution is 2.15. The summed E-state index contributed by atoms with van der Waals surface area (Å²) in [7, 11) is 0. The van der Waals surface area contributed by atoms with Crippen LogP contribution in [-0.2, 0) is 4.79 Å². The molecule has 1 rings (SSSR count). The van der Waals surface area contributed by atoms with Crippen molar-refractivity contribution in [2.75, 3.05) is 5.75 Å². The molecule has 0 aliphatic carbocycles. The Labute approximate surface area is 89.1 Å². The van der Waals surface area contributed by atoms with E-state index in [0.29, 0.717) is 18.6 Å². The third kappa shape index (κ3) is 4.42. The van der Waals surface area contributed by atoms with Crippen molar-refractivity contribution in [1.82, 2.24) is 4.98 Å². The molecule has 0 radical (unpaired) electrons. The number of Topliss-reactive ketones (excluding diaryl/α,β-unsaturated/α-hetero) is 1. The van der Waals surface area contributed by atoms with E-state index in [-0.39, 0.29) is 0 Å². The molecule has 0 aliphatic heterocycles. The fraction of sp³-hybridized carbons (Fsp3) is 0.455. The molecule has 0 amide bonds. The van der Waals surface area contributed by atoms with Crippen LogP contribution in [0.2, 0.25) is 0 Å². The first-order valence-electron chi connectivity index (χ1n) is 4.88. The van der Waals surface area contributed by atoms with E-state index >= 15 is 0 Å². The molecular formula is C11H15NOS. The molecule has 1 aromatic rings. The van der Waals surface area contributed by atoms with Crippen molar-refractivity contribution in [3.05, 3.63) is 24.4 Å². The van der Waals surface area contributed by atoms with E-state index in [1.807, 2.05) is 25.1 Å². The van der Waals surface area contributed by atoms with Crippen molar-refractivity contribution in [2.45, 2.75) is 31.2 Å². The number of hydrogen-bond acceptors (Lipinski definition) is 3. The van der Waals surface area contributed by atoms with Crippen molar-refractivity contribution in [2.24, 2.45) is 0 Å². The standard InChI is InChI=1S/C11H15NOS/c1-2-10(13)6-5-9-14-11-7-3-4-8-12-11/h3-4,7-8H,2,5-6,9H2,1H3. The second-order valence-corrected chi connectivity index (χ2v) is 4.13. The number of thioether (sulfide) groups is 1. The lowest BCUT2D eigenvalue weighted by Crippen LogP contribution is -1.95. The highest BCUT2D eigenvalue weighted by atomic mass is 32.2. The molecule has 0 atom stereocenters. The van der Waals surface area contributed by atoms with Crippen LogP contribution in [0.25, 0.3) is 0 Å². The van der Waals surface area contributed by atoms with Gasteiger partial charge in [0.1, 0.15) is 5.78 Å². The van der Waals surface area contributed by atoms with Crippen LogP contribution < -0.4 is 0 Å². The van der Waals surface area contributed by atoms with Gasteiger partial charge in [-0.1, -0.05) is 13.0 Å². The average molecular weight is 209 g/mol. The first kappa shape index (κ1) is 11.2. The number of carbonyl (C=O) groups excluding carboxylic acids is 1. The lowest BCUT2D eigenvalue weighted by molar-refractivity contribution is -0.118. The van der Waals surface area contributed by atoms with Gasteiger partial charge in [0.05, 0.1) is 5.03 Å². The van der Waals surface area contributed by atoms with Gasteiger partial charge in [0, 0.05) is 19.0 Å². The summed E-state index contributed by atoms with van der Waals surface area (Å²) in [4.78, 5) is 15.2. The second-order valence-electron chi connectivity index (χ2n) is 3.01. The lowest BCUT2D eigenvalue weighted by Gasteiger charge is -1.99. The highest BCUT2D eigenvalue weighted by molar-refractivity contribution is 7.99. The Balaban J connectivity index is 2.13. The van der Waals surface area contributed by atoms with Gasteiger partial charge in [0.15, 0.2) is 0 Å². The van der Waals surface area contributed by atoms with Crippen LogP contribution >= 0.6 is 11.8 Å². The molecule has 0 N–H and O–H groups in total. The van der Waals surface area contributed by atoms with Crippen LogP contribution in [0, 0.1) is 0 Å². The van der Waals surface area contributed by atoms with E-state index in [4.69, 9.17) is 0 Å². The molecule has 0 saturated heterocycles. The van der Waals surface area contributed by atoms with Gasteiger partial charge in [-0.25, -0.2) is 4.98 Å². The first-order valence-corrected chi connectivity index (χ1v) is 5.87. The minimum Gasteiger partial charge on any atom is -0.300 e. The van der Waals surface area contributed by atoms with Crippen LogP contribution in [0.4, 0.5) is 0 Å². The molecule has 0 bridgehead atoms. The summed E-state index contributed by atoms with van der Waals surface area (Å²) >= 11 is 1.71. The summed E-state index contributed by atoms with van der Waals surface area (Å²) in [5, 5.41) is 1.04. The van der Waals surface area contributed by atoms with Gasteiger partial charge in [-0.2, -0.15) is 0 Å². The van der Waals surface area contributed by atoms with Crippen molar-refractivity contribution in [3.63, 3.8) is 0 Å². The third-order valence-corrected chi connectivity index (χ3v) is 2.91. The molecule has 0 saturated carbocycles. The van der Waals surface area contributed by atoms with Gasteiger partial charge in [-0.15, -0.1) is 11.8 Å². The molecule has 2 nitrogen and oxygen atoms in total. The van der Waals surface area contributed by atoms with Crippen molar-refractivity contribution in [3.8, 4) is 0 Å². The maximum absolute atomic E-state index is 11.0.